The van der Waals surface area contributed by atoms with Crippen LogP contribution in [0.4, 0.5) is 0 Å². The molecule has 0 spiro atoms. The summed E-state index contributed by atoms with van der Waals surface area (Å²) in [6.45, 7) is 0.645. The molecule has 0 aliphatic heterocycles. The minimum atomic E-state index is 0.0633. The lowest BCUT2D eigenvalue weighted by Gasteiger charge is -2.06. The van der Waals surface area contributed by atoms with Crippen LogP contribution < -0.4 is 5.32 Å². The van der Waals surface area contributed by atoms with Gasteiger partial charge in [-0.25, -0.2) is 0 Å². The van der Waals surface area contributed by atoms with Gasteiger partial charge in [-0.3, -0.25) is 4.79 Å². The van der Waals surface area contributed by atoms with Crippen LogP contribution in [-0.2, 0) is 24.7 Å². The van der Waals surface area contributed by atoms with Crippen molar-refractivity contribution in [2.75, 3.05) is 6.54 Å². The molecule has 1 heterocycles. The smallest absolute Gasteiger partial charge is 0.224 e. The molecule has 0 aliphatic rings. The number of halogens is 1. The summed E-state index contributed by atoms with van der Waals surface area (Å²) in [4.78, 5) is 12.2. The lowest BCUT2D eigenvalue weighted by atomic mass is 10.1. The Morgan fingerprint density at radius 1 is 1.09 bits per heavy atom. The van der Waals surface area contributed by atoms with E-state index >= 15 is 0 Å². The number of aromatic nitrogens is 1. The average molecular weight is 371 g/mol. The third-order valence-corrected chi connectivity index (χ3v) is 4.78. The summed E-state index contributed by atoms with van der Waals surface area (Å²) in [5.74, 6) is 0.0633. The van der Waals surface area contributed by atoms with Gasteiger partial charge in [0.2, 0.25) is 5.91 Å². The zero-order valence-electron chi connectivity index (χ0n) is 13.1. The van der Waals surface area contributed by atoms with Gasteiger partial charge in [0.15, 0.2) is 0 Å². The van der Waals surface area contributed by atoms with Gasteiger partial charge in [-0.2, -0.15) is 0 Å². The summed E-state index contributed by atoms with van der Waals surface area (Å²) in [7, 11) is 2.01. The Bertz CT molecular complexity index is 838. The third kappa shape index (κ3) is 3.64. The number of fused-ring (bicyclic) bond motifs is 1. The zero-order chi connectivity index (χ0) is 16.2. The van der Waals surface area contributed by atoms with Crippen LogP contribution in [0.2, 0.25) is 0 Å². The van der Waals surface area contributed by atoms with Gasteiger partial charge < -0.3 is 9.88 Å². The van der Waals surface area contributed by atoms with Crippen LogP contribution in [-0.4, -0.2) is 17.0 Å². The third-order valence-electron chi connectivity index (χ3n) is 4.00. The van der Waals surface area contributed by atoms with Crippen molar-refractivity contribution in [2.45, 2.75) is 12.8 Å². The first-order valence-electron chi connectivity index (χ1n) is 7.68. The monoisotopic (exact) mass is 370 g/mol. The predicted octanol–water partition coefficient (Wildman–Crippen LogP) is 3.84. The molecule has 4 heteroatoms. The van der Waals surface area contributed by atoms with Crippen LogP contribution in [0, 0.1) is 0 Å². The second-order valence-electron chi connectivity index (χ2n) is 5.65. The molecule has 0 unspecified atom stereocenters. The van der Waals surface area contributed by atoms with Crippen LogP contribution in [0.3, 0.4) is 0 Å². The summed E-state index contributed by atoms with van der Waals surface area (Å²) >= 11 is 3.53. The van der Waals surface area contributed by atoms with Gasteiger partial charge >= 0.3 is 0 Å². The van der Waals surface area contributed by atoms with E-state index in [1.165, 1.54) is 5.56 Å². The Morgan fingerprint density at radius 3 is 2.65 bits per heavy atom. The van der Waals surface area contributed by atoms with Gasteiger partial charge in [0.1, 0.15) is 0 Å². The molecule has 3 rings (SSSR count). The number of hydrogen-bond donors (Lipinski definition) is 1. The molecular formula is C19H19BrN2O. The minimum absolute atomic E-state index is 0.0633. The first-order valence-corrected chi connectivity index (χ1v) is 8.47. The van der Waals surface area contributed by atoms with Gasteiger partial charge in [-0.05, 0) is 29.7 Å². The molecule has 0 fully saturated rings. The number of hydrogen-bond acceptors (Lipinski definition) is 1. The Morgan fingerprint density at radius 2 is 1.83 bits per heavy atom. The molecule has 118 valence electrons. The van der Waals surface area contributed by atoms with Crippen molar-refractivity contribution in [3.8, 4) is 0 Å². The zero-order valence-corrected chi connectivity index (χ0v) is 14.6. The van der Waals surface area contributed by atoms with E-state index in [1.54, 1.807) is 0 Å². The molecule has 1 N–H and O–H groups in total. The van der Waals surface area contributed by atoms with E-state index in [2.05, 4.69) is 44.0 Å². The second kappa shape index (κ2) is 7.01. The van der Waals surface area contributed by atoms with E-state index in [9.17, 15) is 4.79 Å². The Kier molecular flexibility index (Phi) is 4.82. The van der Waals surface area contributed by atoms with E-state index in [1.807, 2.05) is 43.6 Å². The lowest BCUT2D eigenvalue weighted by molar-refractivity contribution is -0.120. The largest absolute Gasteiger partial charge is 0.355 e. The van der Waals surface area contributed by atoms with Gasteiger partial charge in [-0.1, -0.05) is 52.3 Å². The molecule has 0 radical (unpaired) electrons. The van der Waals surface area contributed by atoms with Crippen molar-refractivity contribution in [2.24, 2.45) is 7.05 Å². The summed E-state index contributed by atoms with van der Waals surface area (Å²) in [5.41, 5.74) is 3.43. The van der Waals surface area contributed by atoms with E-state index in [0.717, 1.165) is 27.4 Å². The Hall–Kier alpha value is -2.07. The standard InChI is InChI=1S/C19H19BrN2O/c1-22-13-15(16-7-3-5-9-18(16)22)12-19(23)21-11-10-14-6-2-4-8-17(14)20/h2-9,13H,10-12H2,1H3,(H,21,23). The quantitative estimate of drug-likeness (QED) is 0.727. The molecule has 3 aromatic rings. The van der Waals surface area contributed by atoms with Crippen molar-refractivity contribution in [1.29, 1.82) is 0 Å². The second-order valence-corrected chi connectivity index (χ2v) is 6.50. The van der Waals surface area contributed by atoms with Crippen LogP contribution in [0.15, 0.2) is 59.2 Å². The number of amides is 1. The fourth-order valence-electron chi connectivity index (χ4n) is 2.84. The number of para-hydroxylation sites is 1. The Labute approximate surface area is 144 Å². The summed E-state index contributed by atoms with van der Waals surface area (Å²) in [6, 6.07) is 16.3. The SMILES string of the molecule is Cn1cc(CC(=O)NCCc2ccccc2Br)c2ccccc21. The molecule has 0 saturated heterocycles. The molecule has 0 saturated carbocycles. The van der Waals surface area contributed by atoms with E-state index in [0.29, 0.717) is 13.0 Å². The molecule has 2 aromatic carbocycles. The van der Waals surface area contributed by atoms with Gasteiger partial charge in [-0.15, -0.1) is 0 Å². The highest BCUT2D eigenvalue weighted by Crippen LogP contribution is 2.20. The fraction of sp³-hybridized carbons (Fsp3) is 0.211. The van der Waals surface area contributed by atoms with Crippen LogP contribution in [0.5, 0.6) is 0 Å². The number of nitrogens with one attached hydrogen (secondary N) is 1. The topological polar surface area (TPSA) is 34.0 Å². The maximum atomic E-state index is 12.2. The van der Waals surface area contributed by atoms with Crippen molar-refractivity contribution in [1.82, 2.24) is 9.88 Å². The number of nitrogens with zero attached hydrogens (tertiary/aromatic N) is 1. The van der Waals surface area contributed by atoms with E-state index in [4.69, 9.17) is 0 Å². The average Bonchev–Trinajstić information content (AvgIpc) is 2.86. The number of carbonyl (C=O) groups is 1. The minimum Gasteiger partial charge on any atom is -0.355 e. The molecule has 0 aliphatic carbocycles. The van der Waals surface area contributed by atoms with Crippen LogP contribution >= 0.6 is 15.9 Å². The van der Waals surface area contributed by atoms with Crippen molar-refractivity contribution in [3.05, 3.63) is 70.3 Å². The van der Waals surface area contributed by atoms with Gasteiger partial charge in [0.25, 0.3) is 0 Å². The molecule has 1 amide bonds. The van der Waals surface area contributed by atoms with Crippen LogP contribution in [0.1, 0.15) is 11.1 Å². The molecule has 1 aromatic heterocycles. The normalized spacial score (nSPS) is 10.9. The summed E-state index contributed by atoms with van der Waals surface area (Å²) in [6.07, 6.45) is 3.28. The highest BCUT2D eigenvalue weighted by molar-refractivity contribution is 9.10. The lowest BCUT2D eigenvalue weighted by Crippen LogP contribution is -2.27. The number of rotatable bonds is 5. The highest BCUT2D eigenvalue weighted by atomic mass is 79.9. The van der Waals surface area contributed by atoms with E-state index < -0.39 is 0 Å². The number of carbonyl (C=O) groups excluding carboxylic acids is 1. The van der Waals surface area contributed by atoms with Crippen molar-refractivity contribution < 1.29 is 4.79 Å². The highest BCUT2D eigenvalue weighted by Gasteiger charge is 2.10. The summed E-state index contributed by atoms with van der Waals surface area (Å²) < 4.78 is 3.15. The molecule has 0 atom stereocenters. The molecule has 3 nitrogen and oxygen atoms in total. The van der Waals surface area contributed by atoms with Crippen molar-refractivity contribution in [3.63, 3.8) is 0 Å². The molecule has 23 heavy (non-hydrogen) atoms. The summed E-state index contributed by atoms with van der Waals surface area (Å²) in [5, 5.41) is 4.16. The predicted molar refractivity (Wildman–Crippen MR) is 97.5 cm³/mol. The van der Waals surface area contributed by atoms with Gasteiger partial charge in [0.05, 0.1) is 6.42 Å². The molecule has 0 bridgehead atoms. The Balaban J connectivity index is 1.60. The van der Waals surface area contributed by atoms with Gasteiger partial charge in [0, 0.05) is 35.2 Å². The molecular weight excluding hydrogens is 352 g/mol. The maximum absolute atomic E-state index is 12.2. The fourth-order valence-corrected chi connectivity index (χ4v) is 3.32. The first kappa shape index (κ1) is 15.8. The number of aryl methyl sites for hydroxylation is 1. The first-order chi connectivity index (χ1) is 11.1. The van der Waals surface area contributed by atoms with E-state index in [-0.39, 0.29) is 5.91 Å². The van der Waals surface area contributed by atoms with Crippen LogP contribution in [0.25, 0.3) is 10.9 Å². The van der Waals surface area contributed by atoms with Crippen molar-refractivity contribution >= 4 is 32.7 Å². The maximum Gasteiger partial charge on any atom is 0.224 e. The number of benzene rings is 2.